The van der Waals surface area contributed by atoms with E-state index in [4.69, 9.17) is 4.98 Å². The van der Waals surface area contributed by atoms with Gasteiger partial charge in [-0.15, -0.1) is 0 Å². The quantitative estimate of drug-likeness (QED) is 0.240. The Kier molecular flexibility index (Phi) is 3.27. The molecule has 0 saturated heterocycles. The number of fused-ring (bicyclic) bond motifs is 11. The summed E-state index contributed by atoms with van der Waals surface area (Å²) < 4.78 is 0. The van der Waals surface area contributed by atoms with Gasteiger partial charge in [-0.05, 0) is 85.8 Å². The van der Waals surface area contributed by atoms with E-state index in [0.717, 1.165) is 25.7 Å². The Balaban J connectivity index is 1.32. The Labute approximate surface area is 204 Å². The van der Waals surface area contributed by atoms with Crippen molar-refractivity contribution in [2.45, 2.75) is 25.7 Å². The maximum absolute atomic E-state index is 4.88. The summed E-state index contributed by atoms with van der Waals surface area (Å²) in [7, 11) is 0. The van der Waals surface area contributed by atoms with Crippen molar-refractivity contribution in [3.63, 3.8) is 0 Å². The van der Waals surface area contributed by atoms with Crippen LogP contribution in [-0.2, 0) is 25.7 Å². The molecule has 5 aromatic rings. The molecule has 0 atom stereocenters. The van der Waals surface area contributed by atoms with Crippen molar-refractivity contribution in [3.8, 4) is 22.3 Å². The average Bonchev–Trinajstić information content (AvgIpc) is 3.45. The predicted molar refractivity (Wildman–Crippen MR) is 141 cm³/mol. The molecule has 2 aliphatic carbocycles. The highest BCUT2D eigenvalue weighted by Gasteiger charge is 2.37. The summed E-state index contributed by atoms with van der Waals surface area (Å²) in [6.07, 6.45) is 5.90. The van der Waals surface area contributed by atoms with Crippen LogP contribution in [0.4, 0.5) is 17.1 Å². The van der Waals surface area contributed by atoms with Crippen LogP contribution in [-0.4, -0.2) is 4.98 Å². The largest absolute Gasteiger partial charge is 0.307 e. The van der Waals surface area contributed by atoms with Crippen LogP contribution in [0.25, 0.3) is 22.3 Å². The van der Waals surface area contributed by atoms with Crippen LogP contribution >= 0.6 is 0 Å². The zero-order chi connectivity index (χ0) is 22.7. The summed E-state index contributed by atoms with van der Waals surface area (Å²) in [5.41, 5.74) is 20.9. The third-order valence-electron chi connectivity index (χ3n) is 8.54. The van der Waals surface area contributed by atoms with E-state index in [1.54, 1.807) is 0 Å². The third-order valence-corrected chi connectivity index (χ3v) is 8.54. The first kappa shape index (κ1) is 18.2. The van der Waals surface area contributed by atoms with E-state index in [2.05, 4.69) is 83.8 Å². The summed E-state index contributed by atoms with van der Waals surface area (Å²) in [4.78, 5) is 7.47. The van der Waals surface area contributed by atoms with Crippen LogP contribution in [0.15, 0.2) is 85.1 Å². The molecule has 0 amide bonds. The molecule has 2 heteroatoms. The summed E-state index contributed by atoms with van der Waals surface area (Å²) in [6.45, 7) is 0. The van der Waals surface area contributed by atoms with Gasteiger partial charge in [-0.1, -0.05) is 60.7 Å². The molecule has 164 valence electrons. The van der Waals surface area contributed by atoms with Gasteiger partial charge < -0.3 is 4.90 Å². The highest BCUT2D eigenvalue weighted by molar-refractivity contribution is 5.96. The number of rotatable bonds is 0. The molecule has 2 nitrogen and oxygen atoms in total. The van der Waals surface area contributed by atoms with Gasteiger partial charge in [-0.3, -0.25) is 4.98 Å². The van der Waals surface area contributed by atoms with E-state index in [9.17, 15) is 0 Å². The number of benzene rings is 4. The Bertz CT molecular complexity index is 1760. The molecule has 4 aromatic carbocycles. The summed E-state index contributed by atoms with van der Waals surface area (Å²) in [5.74, 6) is 0. The second-order valence-corrected chi connectivity index (χ2v) is 10.4. The van der Waals surface area contributed by atoms with Crippen LogP contribution in [0.1, 0.15) is 44.6 Å². The Morgan fingerprint density at radius 2 is 1.26 bits per heavy atom. The van der Waals surface area contributed by atoms with Crippen molar-refractivity contribution < 1.29 is 0 Å². The highest BCUT2D eigenvalue weighted by Crippen LogP contribution is 2.55. The first-order valence-corrected chi connectivity index (χ1v) is 12.6. The highest BCUT2D eigenvalue weighted by atomic mass is 15.2. The third kappa shape index (κ3) is 2.27. The van der Waals surface area contributed by atoms with Crippen LogP contribution in [0.5, 0.6) is 0 Å². The van der Waals surface area contributed by atoms with E-state index < -0.39 is 0 Å². The van der Waals surface area contributed by atoms with Gasteiger partial charge in [0, 0.05) is 25.5 Å². The van der Waals surface area contributed by atoms with Crippen molar-refractivity contribution in [1.82, 2.24) is 4.98 Å². The Morgan fingerprint density at radius 1 is 0.514 bits per heavy atom. The number of hydrogen-bond donors (Lipinski definition) is 0. The molecule has 0 spiro atoms. The minimum absolute atomic E-state index is 0.907. The van der Waals surface area contributed by atoms with Gasteiger partial charge in [0.25, 0.3) is 0 Å². The SMILES string of the molecule is c1ccc2c(c1)Cc1cc3c(cc1-2)Cc1ccnc2c1N3c1c(ccc3c1Cc1ccccc1-3)C2. The van der Waals surface area contributed by atoms with E-state index >= 15 is 0 Å². The molecule has 0 saturated carbocycles. The molecule has 0 bridgehead atoms. The van der Waals surface area contributed by atoms with Gasteiger partial charge in [-0.2, -0.15) is 0 Å². The van der Waals surface area contributed by atoms with E-state index in [-0.39, 0.29) is 0 Å². The van der Waals surface area contributed by atoms with E-state index in [1.165, 1.54) is 84.0 Å². The maximum atomic E-state index is 4.88. The first-order valence-electron chi connectivity index (χ1n) is 12.6. The molecule has 4 aliphatic rings. The second kappa shape index (κ2) is 6.28. The van der Waals surface area contributed by atoms with Crippen molar-refractivity contribution in [1.29, 1.82) is 0 Å². The lowest BCUT2D eigenvalue weighted by molar-refractivity contribution is 0.952. The zero-order valence-electron chi connectivity index (χ0n) is 19.3. The standard InChI is InChI=1S/C33H22N2/c1-4-8-26-19(5-1)13-23-18-31-24(16-28(23)26)14-22-11-12-34-30-17-21-9-10-27-25-7-3-2-6-20(25)15-29(27)32(21)35(31)33(22)30/h1-12,16,18H,13-15,17H2. The van der Waals surface area contributed by atoms with Crippen molar-refractivity contribution in [2.24, 2.45) is 0 Å². The number of hydrogen-bond acceptors (Lipinski definition) is 2. The van der Waals surface area contributed by atoms with Crippen LogP contribution in [0.3, 0.4) is 0 Å². The first-order chi connectivity index (χ1) is 17.3. The summed E-state index contributed by atoms with van der Waals surface area (Å²) in [5, 5.41) is 0. The number of anilines is 3. The molecule has 9 rings (SSSR count). The van der Waals surface area contributed by atoms with Gasteiger partial charge in [0.05, 0.1) is 22.8 Å². The van der Waals surface area contributed by atoms with Crippen molar-refractivity contribution in [2.75, 3.05) is 4.90 Å². The molecule has 0 radical (unpaired) electrons. The lowest BCUT2D eigenvalue weighted by Crippen LogP contribution is -2.26. The molecular weight excluding hydrogens is 424 g/mol. The van der Waals surface area contributed by atoms with Gasteiger partial charge in [0.15, 0.2) is 0 Å². The fourth-order valence-electron chi connectivity index (χ4n) is 7.06. The molecule has 35 heavy (non-hydrogen) atoms. The van der Waals surface area contributed by atoms with Gasteiger partial charge in [-0.25, -0.2) is 0 Å². The fraction of sp³-hybridized carbons (Fsp3) is 0.121. The topological polar surface area (TPSA) is 16.1 Å². The van der Waals surface area contributed by atoms with Crippen LogP contribution in [0.2, 0.25) is 0 Å². The molecule has 3 heterocycles. The normalized spacial score (nSPS) is 14.9. The molecule has 2 aliphatic heterocycles. The summed E-state index contributed by atoms with van der Waals surface area (Å²) >= 11 is 0. The Hall–Kier alpha value is -4.17. The lowest BCUT2D eigenvalue weighted by Gasteiger charge is -2.40. The smallest absolute Gasteiger partial charge is 0.0716 e. The fourth-order valence-corrected chi connectivity index (χ4v) is 7.06. The molecule has 1 aromatic heterocycles. The van der Waals surface area contributed by atoms with Crippen LogP contribution in [0, 0.1) is 0 Å². The molecule has 0 fully saturated rings. The molecule has 0 unspecified atom stereocenters. The van der Waals surface area contributed by atoms with Gasteiger partial charge in [0.1, 0.15) is 0 Å². The number of pyridine rings is 1. The molecular formula is C33H22N2. The average molecular weight is 447 g/mol. The molecule has 0 N–H and O–H groups in total. The van der Waals surface area contributed by atoms with E-state index in [0.29, 0.717) is 0 Å². The van der Waals surface area contributed by atoms with Gasteiger partial charge >= 0.3 is 0 Å². The number of aromatic nitrogens is 1. The lowest BCUT2D eigenvalue weighted by atomic mass is 9.85. The second-order valence-electron chi connectivity index (χ2n) is 10.4. The predicted octanol–water partition coefficient (Wildman–Crippen LogP) is 7.50. The van der Waals surface area contributed by atoms with Gasteiger partial charge in [0.2, 0.25) is 0 Å². The minimum atomic E-state index is 0.907. The number of nitrogens with zero attached hydrogens (tertiary/aromatic N) is 2. The Morgan fingerprint density at radius 3 is 2.14 bits per heavy atom. The zero-order valence-corrected chi connectivity index (χ0v) is 19.3. The van der Waals surface area contributed by atoms with Crippen LogP contribution < -0.4 is 4.90 Å². The van der Waals surface area contributed by atoms with Crippen molar-refractivity contribution in [3.05, 3.63) is 130 Å². The van der Waals surface area contributed by atoms with E-state index in [1.807, 2.05) is 6.20 Å². The maximum Gasteiger partial charge on any atom is 0.0716 e. The summed E-state index contributed by atoms with van der Waals surface area (Å²) in [6, 6.07) is 29.7. The van der Waals surface area contributed by atoms with Crippen molar-refractivity contribution >= 4 is 17.1 Å². The minimum Gasteiger partial charge on any atom is -0.307 e. The monoisotopic (exact) mass is 446 g/mol.